The van der Waals surface area contributed by atoms with E-state index in [9.17, 15) is 23.1 Å². The summed E-state index contributed by atoms with van der Waals surface area (Å²) in [5, 5.41) is 13.5. The Morgan fingerprint density at radius 2 is 2.05 bits per heavy atom. The lowest BCUT2D eigenvalue weighted by molar-refractivity contribution is -0.0975. The van der Waals surface area contributed by atoms with Gasteiger partial charge in [-0.3, -0.25) is 4.90 Å². The molecule has 1 aliphatic carbocycles. The van der Waals surface area contributed by atoms with Gasteiger partial charge < -0.3 is 19.3 Å². The van der Waals surface area contributed by atoms with Crippen LogP contribution in [0.2, 0.25) is 0 Å². The van der Waals surface area contributed by atoms with Gasteiger partial charge >= 0.3 is 12.1 Å². The summed E-state index contributed by atoms with van der Waals surface area (Å²) < 4.78 is 61.0. The van der Waals surface area contributed by atoms with Crippen molar-refractivity contribution in [2.45, 2.75) is 58.0 Å². The number of rotatable bonds is 8. The second-order valence-corrected chi connectivity index (χ2v) is 11.1. The van der Waals surface area contributed by atoms with Gasteiger partial charge in [-0.2, -0.15) is 23.0 Å². The first-order valence-electron chi connectivity index (χ1n) is 14.5. The first kappa shape index (κ1) is 29.9. The number of ether oxygens (including phenoxy) is 3. The minimum atomic E-state index is -4.59. The molecule has 232 valence electrons. The summed E-state index contributed by atoms with van der Waals surface area (Å²) in [6.45, 7) is 5.27. The van der Waals surface area contributed by atoms with E-state index < -0.39 is 17.7 Å². The van der Waals surface area contributed by atoms with E-state index in [0.717, 1.165) is 56.5 Å². The molecule has 2 aliphatic heterocycles. The lowest BCUT2D eigenvalue weighted by Crippen LogP contribution is -2.39. The Morgan fingerprint density at radius 3 is 2.77 bits per heavy atom. The van der Waals surface area contributed by atoms with E-state index in [1.165, 1.54) is 22.9 Å². The van der Waals surface area contributed by atoms with Gasteiger partial charge in [-0.05, 0) is 67.0 Å². The molecule has 9 nitrogen and oxygen atoms in total. The number of carbonyl (C=O) groups is 1. The van der Waals surface area contributed by atoms with Gasteiger partial charge in [0.1, 0.15) is 17.9 Å². The van der Waals surface area contributed by atoms with Crippen molar-refractivity contribution < 1.29 is 37.3 Å². The van der Waals surface area contributed by atoms with Gasteiger partial charge in [0.25, 0.3) is 0 Å². The molecule has 6 rings (SSSR count). The molecule has 4 heterocycles. The fourth-order valence-electron chi connectivity index (χ4n) is 6.26. The molecule has 1 atom stereocenters. The number of hydrogen-bond acceptors (Lipinski definition) is 7. The SMILES string of the molecule is COc1c(C(=O)O)cnn1-c1cccc(C2=CCCC(C(F)(F)F)=C2OCc2ccc3c(c2C)CCN([C@H]2CCOC2)C3)n1. The van der Waals surface area contributed by atoms with Gasteiger partial charge in [0, 0.05) is 31.3 Å². The maximum absolute atomic E-state index is 14.3. The van der Waals surface area contributed by atoms with Crippen LogP contribution in [0.25, 0.3) is 11.4 Å². The quantitative estimate of drug-likeness (QED) is 0.350. The van der Waals surface area contributed by atoms with Gasteiger partial charge in [-0.25, -0.2) is 9.78 Å². The molecule has 0 bridgehead atoms. The Balaban J connectivity index is 1.29. The number of aromatic carboxylic acids is 1. The van der Waals surface area contributed by atoms with Crippen LogP contribution in [0.4, 0.5) is 13.2 Å². The largest absolute Gasteiger partial charge is 0.488 e. The van der Waals surface area contributed by atoms with E-state index in [1.807, 2.05) is 13.0 Å². The number of methoxy groups -OCH3 is 1. The van der Waals surface area contributed by atoms with E-state index in [0.29, 0.717) is 6.04 Å². The Hall–Kier alpha value is -4.16. The average molecular weight is 611 g/mol. The first-order valence-corrected chi connectivity index (χ1v) is 14.5. The van der Waals surface area contributed by atoms with Crippen molar-refractivity contribution in [2.24, 2.45) is 0 Å². The number of halogens is 3. The standard InChI is InChI=1S/C32H33F3N4O5/c1-19-21(10-9-20-16-38(13-11-23(19)20)22-12-14-43-18-22)17-44-29-24(5-3-6-26(29)32(33,34)35)27-7-4-8-28(37-27)39-30(42-2)25(15-36-39)31(40)41/h4-5,7-10,15,22H,3,6,11-14,16-18H2,1-2H3,(H,40,41)/t22-/m0/s1. The number of pyridine rings is 1. The van der Waals surface area contributed by atoms with Crippen LogP contribution in [-0.4, -0.2) is 69.8 Å². The normalized spacial score (nSPS) is 19.1. The van der Waals surface area contributed by atoms with E-state index in [4.69, 9.17) is 14.2 Å². The first-order chi connectivity index (χ1) is 21.2. The predicted molar refractivity (Wildman–Crippen MR) is 154 cm³/mol. The number of carboxylic acids is 1. The molecule has 44 heavy (non-hydrogen) atoms. The maximum atomic E-state index is 14.3. The van der Waals surface area contributed by atoms with Crippen molar-refractivity contribution in [2.75, 3.05) is 26.9 Å². The van der Waals surface area contributed by atoms with Crippen LogP contribution in [-0.2, 0) is 29.0 Å². The zero-order chi connectivity index (χ0) is 31.0. The molecule has 0 amide bonds. The molecule has 1 saturated heterocycles. The highest BCUT2D eigenvalue weighted by Gasteiger charge is 2.39. The third kappa shape index (κ3) is 5.71. The Bertz CT molecular complexity index is 1640. The van der Waals surface area contributed by atoms with Crippen molar-refractivity contribution in [1.29, 1.82) is 0 Å². The van der Waals surface area contributed by atoms with Crippen LogP contribution >= 0.6 is 0 Å². The van der Waals surface area contributed by atoms with Crippen LogP contribution in [0, 0.1) is 6.92 Å². The number of hydrogen-bond donors (Lipinski definition) is 1. The molecule has 1 fully saturated rings. The number of allylic oxidation sites excluding steroid dienone is 3. The molecule has 0 radical (unpaired) electrons. The molecule has 1 aromatic carbocycles. The van der Waals surface area contributed by atoms with Crippen LogP contribution in [0.3, 0.4) is 0 Å². The van der Waals surface area contributed by atoms with Gasteiger partial charge in [-0.1, -0.05) is 24.3 Å². The van der Waals surface area contributed by atoms with Crippen molar-refractivity contribution in [3.63, 3.8) is 0 Å². The molecule has 3 aromatic rings. The third-order valence-corrected chi connectivity index (χ3v) is 8.60. The molecular weight excluding hydrogens is 577 g/mol. The van der Waals surface area contributed by atoms with Crippen LogP contribution in [0.5, 0.6) is 5.88 Å². The Morgan fingerprint density at radius 1 is 1.20 bits per heavy atom. The number of fused-ring (bicyclic) bond motifs is 1. The van der Waals surface area contributed by atoms with Crippen LogP contribution in [0.1, 0.15) is 57.6 Å². The summed E-state index contributed by atoms with van der Waals surface area (Å²) in [4.78, 5) is 18.6. The highest BCUT2D eigenvalue weighted by atomic mass is 19.4. The highest BCUT2D eigenvalue weighted by molar-refractivity contribution is 5.90. The fraction of sp³-hybridized carbons (Fsp3) is 0.406. The van der Waals surface area contributed by atoms with Gasteiger partial charge in [0.2, 0.25) is 5.88 Å². The minimum Gasteiger partial charge on any atom is -0.488 e. The molecule has 0 saturated carbocycles. The minimum absolute atomic E-state index is 0.0276. The fourth-order valence-corrected chi connectivity index (χ4v) is 6.26. The van der Waals surface area contributed by atoms with E-state index >= 15 is 0 Å². The number of carboxylic acid groups (broad SMARTS) is 1. The summed E-state index contributed by atoms with van der Waals surface area (Å²) >= 11 is 0. The molecule has 0 spiro atoms. The second kappa shape index (κ2) is 12.1. The summed E-state index contributed by atoms with van der Waals surface area (Å²) in [6.07, 6.45) is 0.0897. The van der Waals surface area contributed by atoms with Crippen molar-refractivity contribution >= 4 is 11.5 Å². The van der Waals surface area contributed by atoms with Crippen molar-refractivity contribution in [3.8, 4) is 11.7 Å². The van der Waals surface area contributed by atoms with E-state index in [2.05, 4.69) is 21.0 Å². The molecule has 3 aliphatic rings. The van der Waals surface area contributed by atoms with E-state index in [1.54, 1.807) is 24.3 Å². The lowest BCUT2D eigenvalue weighted by Gasteiger charge is -2.34. The van der Waals surface area contributed by atoms with Gasteiger partial charge in [0.15, 0.2) is 5.82 Å². The zero-order valence-corrected chi connectivity index (χ0v) is 24.5. The molecule has 2 aromatic heterocycles. The Labute approximate surface area is 252 Å². The molecule has 12 heteroatoms. The smallest absolute Gasteiger partial charge is 0.416 e. The highest BCUT2D eigenvalue weighted by Crippen LogP contribution is 2.41. The summed E-state index contributed by atoms with van der Waals surface area (Å²) in [7, 11) is 1.31. The molecular formula is C32H33F3N4O5. The number of nitrogens with zero attached hydrogens (tertiary/aromatic N) is 4. The second-order valence-electron chi connectivity index (χ2n) is 11.1. The van der Waals surface area contributed by atoms with Crippen LogP contribution < -0.4 is 4.74 Å². The summed E-state index contributed by atoms with van der Waals surface area (Å²) in [5.74, 6) is -1.34. The van der Waals surface area contributed by atoms with Crippen molar-refractivity contribution in [3.05, 3.63) is 87.4 Å². The van der Waals surface area contributed by atoms with E-state index in [-0.39, 0.29) is 53.7 Å². The lowest BCUT2D eigenvalue weighted by atomic mass is 9.91. The van der Waals surface area contributed by atoms with Gasteiger partial charge in [-0.15, -0.1) is 0 Å². The Kier molecular flexibility index (Phi) is 8.21. The predicted octanol–water partition coefficient (Wildman–Crippen LogP) is 5.64. The third-order valence-electron chi connectivity index (χ3n) is 8.60. The van der Waals surface area contributed by atoms with Crippen molar-refractivity contribution in [1.82, 2.24) is 19.7 Å². The monoisotopic (exact) mass is 610 g/mol. The molecule has 0 unspecified atom stereocenters. The average Bonchev–Trinajstić information content (AvgIpc) is 3.71. The van der Waals surface area contributed by atoms with Gasteiger partial charge in [0.05, 0.1) is 31.2 Å². The summed E-state index contributed by atoms with van der Waals surface area (Å²) in [6, 6.07) is 9.22. The number of aromatic nitrogens is 3. The maximum Gasteiger partial charge on any atom is 0.416 e. The molecule has 1 N–H and O–H groups in total. The topological polar surface area (TPSA) is 98.9 Å². The van der Waals surface area contributed by atoms with Crippen LogP contribution in [0.15, 0.2) is 53.9 Å². The number of alkyl halides is 3. The zero-order valence-electron chi connectivity index (χ0n) is 24.5. The summed E-state index contributed by atoms with van der Waals surface area (Å²) in [5.41, 5.74) is 3.90. The number of benzene rings is 1.